The van der Waals surface area contributed by atoms with E-state index in [0.29, 0.717) is 6.42 Å². The zero-order valence-corrected chi connectivity index (χ0v) is 12.7. The zero-order valence-electron chi connectivity index (χ0n) is 12.7. The van der Waals surface area contributed by atoms with Crippen molar-refractivity contribution in [3.63, 3.8) is 0 Å². The highest BCUT2D eigenvalue weighted by Gasteiger charge is 2.23. The molecular weight excluding hydrogens is 258 g/mol. The van der Waals surface area contributed by atoms with Crippen molar-refractivity contribution < 1.29 is 14.7 Å². The first-order valence-electron chi connectivity index (χ1n) is 6.80. The summed E-state index contributed by atoms with van der Waals surface area (Å²) in [6, 6.07) is 0.820. The number of nitrogens with zero attached hydrogens (tertiary/aromatic N) is 2. The lowest BCUT2D eigenvalue weighted by atomic mass is 10.0. The first-order chi connectivity index (χ1) is 9.22. The van der Waals surface area contributed by atoms with Gasteiger partial charge in [-0.15, -0.1) is 0 Å². The first kappa shape index (κ1) is 16.2. The molecule has 0 saturated heterocycles. The van der Waals surface area contributed by atoms with Crippen LogP contribution in [0.4, 0.5) is 0 Å². The second-order valence-electron chi connectivity index (χ2n) is 5.73. The third kappa shape index (κ3) is 4.08. The minimum absolute atomic E-state index is 0.186. The van der Waals surface area contributed by atoms with Crippen molar-refractivity contribution in [3.05, 3.63) is 17.5 Å². The average molecular weight is 281 g/mol. The Bertz CT molecular complexity index is 492. The van der Waals surface area contributed by atoms with Gasteiger partial charge in [0.25, 0.3) is 5.91 Å². The topological polar surface area (TPSA) is 84.2 Å². The van der Waals surface area contributed by atoms with Crippen molar-refractivity contribution in [3.8, 4) is 0 Å². The molecule has 6 nitrogen and oxygen atoms in total. The number of aliphatic carboxylic acids is 1. The molecule has 20 heavy (non-hydrogen) atoms. The van der Waals surface area contributed by atoms with Crippen LogP contribution in [0.2, 0.25) is 0 Å². The normalized spacial score (nSPS) is 12.8. The molecule has 0 radical (unpaired) electrons. The highest BCUT2D eigenvalue weighted by molar-refractivity contribution is 5.95. The van der Waals surface area contributed by atoms with Gasteiger partial charge in [0, 0.05) is 12.7 Å². The van der Waals surface area contributed by atoms with E-state index in [1.54, 1.807) is 17.8 Å². The van der Waals surface area contributed by atoms with E-state index < -0.39 is 17.9 Å². The Hall–Kier alpha value is -1.85. The fourth-order valence-corrected chi connectivity index (χ4v) is 2.06. The highest BCUT2D eigenvalue weighted by Crippen LogP contribution is 2.15. The van der Waals surface area contributed by atoms with Gasteiger partial charge >= 0.3 is 5.97 Å². The summed E-state index contributed by atoms with van der Waals surface area (Å²) in [6.07, 6.45) is 0.394. The molecule has 1 aromatic heterocycles. The minimum Gasteiger partial charge on any atom is -0.480 e. The number of carboxylic acid groups (broad SMARTS) is 1. The van der Waals surface area contributed by atoms with Gasteiger partial charge in [-0.25, -0.2) is 4.79 Å². The molecule has 1 aromatic rings. The maximum Gasteiger partial charge on any atom is 0.326 e. The van der Waals surface area contributed by atoms with Crippen molar-refractivity contribution >= 4 is 11.9 Å². The number of aromatic nitrogens is 2. The second-order valence-corrected chi connectivity index (χ2v) is 5.73. The van der Waals surface area contributed by atoms with E-state index in [-0.39, 0.29) is 17.5 Å². The molecule has 112 valence electrons. The van der Waals surface area contributed by atoms with Crippen LogP contribution in [-0.2, 0) is 11.8 Å². The minimum atomic E-state index is -1.02. The lowest BCUT2D eigenvalue weighted by Crippen LogP contribution is -2.41. The molecule has 1 atom stereocenters. The molecular formula is C14H23N3O3. The Balaban J connectivity index is 2.84. The summed E-state index contributed by atoms with van der Waals surface area (Å²) in [5.41, 5.74) is 1.19. The van der Waals surface area contributed by atoms with E-state index in [1.165, 1.54) is 0 Å². The standard InChI is InChI=1S/C14H23N3O3/c1-8(2)6-11(14(19)20)15-13(18)10-7-12(9(3)4)17(5)16-10/h7-9,11H,6H2,1-5H3,(H,15,18)(H,19,20)/t11-/m0/s1. The summed E-state index contributed by atoms with van der Waals surface area (Å²) in [5, 5.41) is 15.8. The maximum atomic E-state index is 12.1. The average Bonchev–Trinajstić information content (AvgIpc) is 2.69. The van der Waals surface area contributed by atoms with Gasteiger partial charge in [0.2, 0.25) is 0 Å². The lowest BCUT2D eigenvalue weighted by Gasteiger charge is -2.15. The van der Waals surface area contributed by atoms with Crippen LogP contribution in [0.15, 0.2) is 6.07 Å². The van der Waals surface area contributed by atoms with Crippen LogP contribution in [0, 0.1) is 5.92 Å². The third-order valence-electron chi connectivity index (χ3n) is 3.05. The molecule has 6 heteroatoms. The van der Waals surface area contributed by atoms with Crippen LogP contribution in [0.3, 0.4) is 0 Å². The van der Waals surface area contributed by atoms with Crippen molar-refractivity contribution in [1.82, 2.24) is 15.1 Å². The fourth-order valence-electron chi connectivity index (χ4n) is 2.06. The molecule has 0 fully saturated rings. The molecule has 1 amide bonds. The molecule has 1 rings (SSSR count). The van der Waals surface area contributed by atoms with E-state index in [2.05, 4.69) is 10.4 Å². The first-order valence-corrected chi connectivity index (χ1v) is 6.80. The Kier molecular flexibility index (Phi) is 5.30. The van der Waals surface area contributed by atoms with Gasteiger partial charge in [-0.05, 0) is 24.3 Å². The fraction of sp³-hybridized carbons (Fsp3) is 0.643. The zero-order chi connectivity index (χ0) is 15.4. The molecule has 0 saturated carbocycles. The SMILES string of the molecule is CC(C)C[C@H](NC(=O)c1cc(C(C)C)n(C)n1)C(=O)O. The molecule has 0 aliphatic carbocycles. The van der Waals surface area contributed by atoms with Crippen LogP contribution in [0.25, 0.3) is 0 Å². The van der Waals surface area contributed by atoms with Gasteiger partial charge in [0.05, 0.1) is 0 Å². The van der Waals surface area contributed by atoms with E-state index >= 15 is 0 Å². The van der Waals surface area contributed by atoms with Crippen LogP contribution in [0.1, 0.15) is 56.2 Å². The number of amides is 1. The Labute approximate surface area is 119 Å². The summed E-state index contributed by atoms with van der Waals surface area (Å²) in [7, 11) is 1.77. The smallest absolute Gasteiger partial charge is 0.326 e. The van der Waals surface area contributed by atoms with Gasteiger partial charge in [-0.1, -0.05) is 27.7 Å². The van der Waals surface area contributed by atoms with Gasteiger partial charge < -0.3 is 10.4 Å². The van der Waals surface area contributed by atoms with Gasteiger partial charge in [-0.3, -0.25) is 9.48 Å². The molecule has 0 spiro atoms. The van der Waals surface area contributed by atoms with Gasteiger partial charge in [0.1, 0.15) is 11.7 Å². The molecule has 2 N–H and O–H groups in total. The van der Waals surface area contributed by atoms with E-state index in [1.807, 2.05) is 27.7 Å². The molecule has 0 unspecified atom stereocenters. The molecule has 0 aromatic carbocycles. The second kappa shape index (κ2) is 6.54. The predicted molar refractivity (Wildman–Crippen MR) is 75.6 cm³/mol. The summed E-state index contributed by atoms with van der Waals surface area (Å²) in [6.45, 7) is 7.86. The summed E-state index contributed by atoms with van der Waals surface area (Å²) < 4.78 is 1.65. The van der Waals surface area contributed by atoms with Crippen LogP contribution in [0.5, 0.6) is 0 Å². The number of hydrogen-bond donors (Lipinski definition) is 2. The number of carbonyl (C=O) groups excluding carboxylic acids is 1. The molecule has 0 aliphatic rings. The van der Waals surface area contributed by atoms with Crippen LogP contribution < -0.4 is 5.32 Å². The van der Waals surface area contributed by atoms with Crippen LogP contribution in [-0.4, -0.2) is 32.8 Å². The summed E-state index contributed by atoms with van der Waals surface area (Å²) in [4.78, 5) is 23.2. The number of carbonyl (C=O) groups is 2. The van der Waals surface area contributed by atoms with Crippen molar-refractivity contribution in [2.75, 3.05) is 0 Å². The number of nitrogens with one attached hydrogen (secondary N) is 1. The van der Waals surface area contributed by atoms with E-state index in [0.717, 1.165) is 5.69 Å². The molecule has 1 heterocycles. The highest BCUT2D eigenvalue weighted by atomic mass is 16.4. The van der Waals surface area contributed by atoms with E-state index in [9.17, 15) is 9.59 Å². The Morgan fingerprint density at radius 2 is 1.95 bits per heavy atom. The van der Waals surface area contributed by atoms with E-state index in [4.69, 9.17) is 5.11 Å². The largest absolute Gasteiger partial charge is 0.480 e. The number of carboxylic acids is 1. The quantitative estimate of drug-likeness (QED) is 0.832. The summed E-state index contributed by atoms with van der Waals surface area (Å²) >= 11 is 0. The van der Waals surface area contributed by atoms with Crippen LogP contribution >= 0.6 is 0 Å². The van der Waals surface area contributed by atoms with Gasteiger partial charge in [-0.2, -0.15) is 5.10 Å². The number of aryl methyl sites for hydroxylation is 1. The summed E-state index contributed by atoms with van der Waals surface area (Å²) in [5.74, 6) is -1.03. The molecule has 0 bridgehead atoms. The maximum absolute atomic E-state index is 12.1. The Morgan fingerprint density at radius 1 is 1.35 bits per heavy atom. The van der Waals surface area contributed by atoms with Crippen molar-refractivity contribution in [1.29, 1.82) is 0 Å². The Morgan fingerprint density at radius 3 is 2.35 bits per heavy atom. The number of hydrogen-bond acceptors (Lipinski definition) is 3. The molecule has 0 aliphatic heterocycles. The van der Waals surface area contributed by atoms with Gasteiger partial charge in [0.15, 0.2) is 0 Å². The lowest BCUT2D eigenvalue weighted by molar-refractivity contribution is -0.139. The third-order valence-corrected chi connectivity index (χ3v) is 3.05. The van der Waals surface area contributed by atoms with Crippen molar-refractivity contribution in [2.45, 2.75) is 46.1 Å². The predicted octanol–water partition coefficient (Wildman–Crippen LogP) is 1.77. The monoisotopic (exact) mass is 281 g/mol. The number of rotatable bonds is 6. The van der Waals surface area contributed by atoms with Crippen molar-refractivity contribution in [2.24, 2.45) is 13.0 Å².